The highest BCUT2D eigenvalue weighted by Gasteiger charge is 2.37. The number of amides is 2. The summed E-state index contributed by atoms with van der Waals surface area (Å²) in [5.41, 5.74) is 1.20. The molecule has 1 atom stereocenters. The van der Waals surface area contributed by atoms with Gasteiger partial charge in [0.25, 0.3) is 5.91 Å². The average Bonchev–Trinajstić information content (AvgIpc) is 3.42. The molecule has 5 rings (SSSR count). The normalized spacial score (nSPS) is 25.8. The summed E-state index contributed by atoms with van der Waals surface area (Å²) in [6.45, 7) is 3.94. The molecule has 2 amide bonds. The molecule has 2 aromatic heterocycles. The zero-order valence-electron chi connectivity index (χ0n) is 18.5. The molecule has 2 aliphatic carbocycles. The van der Waals surface area contributed by atoms with Gasteiger partial charge in [0.15, 0.2) is 17.0 Å². The van der Waals surface area contributed by atoms with Crippen molar-refractivity contribution in [2.45, 2.75) is 76.6 Å². The first kappa shape index (κ1) is 21.1. The summed E-state index contributed by atoms with van der Waals surface area (Å²) in [5, 5.41) is 16.2. The summed E-state index contributed by atoms with van der Waals surface area (Å²) >= 11 is 0. The number of likely N-dealkylation sites (tertiary alicyclic amines) is 1. The van der Waals surface area contributed by atoms with Crippen LogP contribution in [0.5, 0.6) is 0 Å². The molecule has 172 valence electrons. The highest BCUT2D eigenvalue weighted by molar-refractivity contribution is 5.96. The third kappa shape index (κ3) is 4.15. The molecule has 0 spiro atoms. The summed E-state index contributed by atoms with van der Waals surface area (Å²) in [4.78, 5) is 40.7. The Hall–Kier alpha value is -2.75. The van der Waals surface area contributed by atoms with Crippen LogP contribution >= 0.6 is 0 Å². The number of aromatic nitrogens is 4. The Morgan fingerprint density at radius 3 is 2.59 bits per heavy atom. The number of carbonyl (C=O) groups excluding carboxylic acids is 2. The van der Waals surface area contributed by atoms with Gasteiger partial charge < -0.3 is 25.2 Å². The second kappa shape index (κ2) is 8.65. The Morgan fingerprint density at radius 1 is 1.09 bits per heavy atom. The number of aliphatic hydroxyl groups is 1. The molecule has 2 saturated carbocycles. The predicted molar refractivity (Wildman–Crippen MR) is 118 cm³/mol. The third-order valence-electron chi connectivity index (χ3n) is 6.85. The molecule has 0 bridgehead atoms. The molecule has 10 heteroatoms. The van der Waals surface area contributed by atoms with E-state index in [2.05, 4.69) is 25.6 Å². The van der Waals surface area contributed by atoms with Gasteiger partial charge in [0, 0.05) is 37.6 Å². The van der Waals surface area contributed by atoms with Crippen LogP contribution < -0.4 is 10.6 Å². The summed E-state index contributed by atoms with van der Waals surface area (Å²) < 4.78 is 1.81. The van der Waals surface area contributed by atoms with Crippen LogP contribution in [0.25, 0.3) is 11.2 Å². The van der Waals surface area contributed by atoms with E-state index in [1.807, 2.05) is 16.4 Å². The molecule has 3 fully saturated rings. The van der Waals surface area contributed by atoms with Crippen molar-refractivity contribution in [3.8, 4) is 0 Å². The Labute approximate surface area is 186 Å². The lowest BCUT2D eigenvalue weighted by molar-refractivity contribution is -0.131. The van der Waals surface area contributed by atoms with Crippen molar-refractivity contribution in [2.24, 2.45) is 5.92 Å². The van der Waals surface area contributed by atoms with Gasteiger partial charge in [0.2, 0.25) is 11.7 Å². The van der Waals surface area contributed by atoms with E-state index >= 15 is 0 Å². The molecular formula is C22H31N7O3. The number of rotatable bonds is 6. The molecule has 10 nitrogen and oxygen atoms in total. The van der Waals surface area contributed by atoms with E-state index in [1.54, 1.807) is 0 Å². The average molecular weight is 442 g/mol. The van der Waals surface area contributed by atoms with E-state index in [-0.39, 0.29) is 35.9 Å². The van der Waals surface area contributed by atoms with Gasteiger partial charge in [0.05, 0.1) is 6.10 Å². The van der Waals surface area contributed by atoms with Gasteiger partial charge in [-0.2, -0.15) is 0 Å². The highest BCUT2D eigenvalue weighted by atomic mass is 16.3. The number of imidazole rings is 1. The summed E-state index contributed by atoms with van der Waals surface area (Å²) in [6.07, 6.45) is 7.06. The standard InChI is InChI=1S/C22H31N7O3/c1-2-29-19-17(27-20(29)21(31)26-14-5-7-16(30)8-6-14)18(23-12-24-19)25-15-9-10-28(11-15)22(32)13-3-4-13/h12-16,30H,2-11H2,1H3,(H,26,31)(H,23,24,25)/t14-,15?,16-. The lowest BCUT2D eigenvalue weighted by atomic mass is 9.93. The molecule has 3 heterocycles. The minimum absolute atomic E-state index is 0.0492. The van der Waals surface area contributed by atoms with Gasteiger partial charge in [-0.1, -0.05) is 0 Å². The fraction of sp³-hybridized carbons (Fsp3) is 0.682. The van der Waals surface area contributed by atoms with Crippen molar-refractivity contribution in [1.29, 1.82) is 0 Å². The lowest BCUT2D eigenvalue weighted by Gasteiger charge is -2.26. The van der Waals surface area contributed by atoms with Crippen LogP contribution in [0.1, 0.15) is 62.5 Å². The van der Waals surface area contributed by atoms with Crippen molar-refractivity contribution < 1.29 is 14.7 Å². The number of nitrogens with one attached hydrogen (secondary N) is 2. The molecular weight excluding hydrogens is 410 g/mol. The zero-order valence-corrected chi connectivity index (χ0v) is 18.5. The van der Waals surface area contributed by atoms with E-state index in [4.69, 9.17) is 0 Å². The second-order valence-electron chi connectivity index (χ2n) is 9.24. The lowest BCUT2D eigenvalue weighted by Crippen LogP contribution is -2.39. The molecule has 1 saturated heterocycles. The van der Waals surface area contributed by atoms with Crippen LogP contribution in [-0.2, 0) is 11.3 Å². The first-order chi connectivity index (χ1) is 15.5. The van der Waals surface area contributed by atoms with E-state index in [1.165, 1.54) is 6.33 Å². The second-order valence-corrected chi connectivity index (χ2v) is 9.24. The van der Waals surface area contributed by atoms with Crippen molar-refractivity contribution >= 4 is 28.8 Å². The van der Waals surface area contributed by atoms with Crippen molar-refractivity contribution in [3.63, 3.8) is 0 Å². The van der Waals surface area contributed by atoms with E-state index in [0.29, 0.717) is 48.7 Å². The number of aliphatic hydroxyl groups excluding tert-OH is 1. The molecule has 1 unspecified atom stereocenters. The first-order valence-electron chi connectivity index (χ1n) is 11.8. The Balaban J connectivity index is 1.33. The molecule has 32 heavy (non-hydrogen) atoms. The number of nitrogens with zero attached hydrogens (tertiary/aromatic N) is 5. The third-order valence-corrected chi connectivity index (χ3v) is 6.85. The van der Waals surface area contributed by atoms with Gasteiger partial charge in [-0.3, -0.25) is 9.59 Å². The van der Waals surface area contributed by atoms with E-state index in [0.717, 1.165) is 38.6 Å². The van der Waals surface area contributed by atoms with Gasteiger partial charge in [0.1, 0.15) is 6.33 Å². The SMILES string of the molecule is CCn1c(C(=O)N[C@H]2CC[C@H](O)CC2)nc2c(NC3CCN(C(=O)C4CC4)C3)ncnc21. The quantitative estimate of drug-likeness (QED) is 0.617. The molecule has 3 N–H and O–H groups in total. The number of hydrogen-bond acceptors (Lipinski definition) is 7. The minimum atomic E-state index is -0.265. The van der Waals surface area contributed by atoms with Crippen molar-refractivity contribution in [1.82, 2.24) is 29.7 Å². The van der Waals surface area contributed by atoms with Crippen molar-refractivity contribution in [2.75, 3.05) is 18.4 Å². The number of fused-ring (bicyclic) bond motifs is 1. The molecule has 1 aliphatic heterocycles. The zero-order chi connectivity index (χ0) is 22.2. The maximum Gasteiger partial charge on any atom is 0.287 e. The Morgan fingerprint density at radius 2 is 1.88 bits per heavy atom. The first-order valence-corrected chi connectivity index (χ1v) is 11.8. The smallest absolute Gasteiger partial charge is 0.287 e. The van der Waals surface area contributed by atoms with Gasteiger partial charge in [-0.15, -0.1) is 0 Å². The molecule has 0 aromatic carbocycles. The Kier molecular flexibility index (Phi) is 5.71. The van der Waals surface area contributed by atoms with Crippen LogP contribution in [-0.4, -0.2) is 72.6 Å². The van der Waals surface area contributed by atoms with Crippen LogP contribution in [0.2, 0.25) is 0 Å². The highest BCUT2D eigenvalue weighted by Crippen LogP contribution is 2.32. The summed E-state index contributed by atoms with van der Waals surface area (Å²) in [6, 6.07) is 0.154. The van der Waals surface area contributed by atoms with Crippen LogP contribution in [0.15, 0.2) is 6.33 Å². The Bertz CT molecular complexity index is 1010. The minimum Gasteiger partial charge on any atom is -0.393 e. The number of anilines is 1. The van der Waals surface area contributed by atoms with Crippen molar-refractivity contribution in [3.05, 3.63) is 12.2 Å². The van der Waals surface area contributed by atoms with Gasteiger partial charge >= 0.3 is 0 Å². The maximum atomic E-state index is 13.0. The monoisotopic (exact) mass is 441 g/mol. The number of hydrogen-bond donors (Lipinski definition) is 3. The molecule has 2 aromatic rings. The van der Waals surface area contributed by atoms with Crippen LogP contribution in [0.3, 0.4) is 0 Å². The van der Waals surface area contributed by atoms with Crippen LogP contribution in [0, 0.1) is 5.92 Å². The molecule has 0 radical (unpaired) electrons. The summed E-state index contributed by atoms with van der Waals surface area (Å²) in [7, 11) is 0. The number of carbonyl (C=O) groups is 2. The maximum absolute atomic E-state index is 13.0. The summed E-state index contributed by atoms with van der Waals surface area (Å²) in [5.74, 6) is 1.20. The largest absolute Gasteiger partial charge is 0.393 e. The molecule has 3 aliphatic rings. The van der Waals surface area contributed by atoms with Gasteiger partial charge in [-0.05, 0) is 51.9 Å². The van der Waals surface area contributed by atoms with Gasteiger partial charge in [-0.25, -0.2) is 15.0 Å². The van der Waals surface area contributed by atoms with E-state index < -0.39 is 0 Å². The number of aryl methyl sites for hydroxylation is 1. The fourth-order valence-electron chi connectivity index (χ4n) is 4.85. The van der Waals surface area contributed by atoms with Crippen LogP contribution in [0.4, 0.5) is 5.82 Å². The van der Waals surface area contributed by atoms with E-state index in [9.17, 15) is 14.7 Å². The fourth-order valence-corrected chi connectivity index (χ4v) is 4.85. The predicted octanol–water partition coefficient (Wildman–Crippen LogP) is 1.30. The topological polar surface area (TPSA) is 125 Å².